The van der Waals surface area contributed by atoms with E-state index in [-0.39, 0.29) is 0 Å². The normalized spacial score (nSPS) is 12.7. The van der Waals surface area contributed by atoms with E-state index in [1.54, 1.807) is 13.1 Å². The molecule has 0 saturated carbocycles. The number of hydrogen-bond donors (Lipinski definition) is 1. The van der Waals surface area contributed by atoms with E-state index in [9.17, 15) is 5.11 Å². The molecule has 1 aromatic carbocycles. The molecule has 0 radical (unpaired) electrons. The SMILES string of the molecule is Cc1cc(C)cc(Cn2cc(C(C)O)cn2)c1. The van der Waals surface area contributed by atoms with Crippen molar-refractivity contribution < 1.29 is 5.11 Å². The van der Waals surface area contributed by atoms with Crippen LogP contribution in [0.4, 0.5) is 0 Å². The average Bonchev–Trinajstić information content (AvgIpc) is 2.64. The second-order valence-electron chi connectivity index (χ2n) is 4.64. The van der Waals surface area contributed by atoms with Crippen LogP contribution in [-0.2, 0) is 6.54 Å². The van der Waals surface area contributed by atoms with Gasteiger partial charge in [0, 0.05) is 11.8 Å². The van der Waals surface area contributed by atoms with Crippen LogP contribution in [0.5, 0.6) is 0 Å². The van der Waals surface area contributed by atoms with Crippen LogP contribution in [0, 0.1) is 13.8 Å². The van der Waals surface area contributed by atoms with E-state index in [1.807, 2.05) is 10.9 Å². The van der Waals surface area contributed by atoms with Gasteiger partial charge in [-0.1, -0.05) is 29.3 Å². The maximum absolute atomic E-state index is 9.44. The van der Waals surface area contributed by atoms with E-state index in [4.69, 9.17) is 0 Å². The molecule has 0 aliphatic rings. The first kappa shape index (κ1) is 11.9. The molecule has 1 N–H and O–H groups in total. The van der Waals surface area contributed by atoms with Gasteiger partial charge in [-0.05, 0) is 26.3 Å². The highest BCUT2D eigenvalue weighted by atomic mass is 16.3. The average molecular weight is 230 g/mol. The van der Waals surface area contributed by atoms with E-state index in [0.29, 0.717) is 0 Å². The van der Waals surface area contributed by atoms with Crippen LogP contribution >= 0.6 is 0 Å². The third kappa shape index (κ3) is 2.94. The first-order valence-corrected chi connectivity index (χ1v) is 5.82. The van der Waals surface area contributed by atoms with Gasteiger partial charge < -0.3 is 5.11 Å². The summed E-state index contributed by atoms with van der Waals surface area (Å²) in [6.45, 7) is 6.69. The molecule has 90 valence electrons. The smallest absolute Gasteiger partial charge is 0.0792 e. The summed E-state index contributed by atoms with van der Waals surface area (Å²) in [4.78, 5) is 0. The minimum atomic E-state index is -0.456. The van der Waals surface area contributed by atoms with Gasteiger partial charge in [-0.25, -0.2) is 0 Å². The predicted octanol–water partition coefficient (Wildman–Crippen LogP) is 2.60. The molecular weight excluding hydrogens is 212 g/mol. The highest BCUT2D eigenvalue weighted by molar-refractivity contribution is 5.28. The van der Waals surface area contributed by atoms with E-state index < -0.39 is 6.10 Å². The molecule has 1 heterocycles. The Morgan fingerprint density at radius 1 is 1.24 bits per heavy atom. The summed E-state index contributed by atoms with van der Waals surface area (Å²) in [5.41, 5.74) is 4.63. The molecule has 0 fully saturated rings. The lowest BCUT2D eigenvalue weighted by Crippen LogP contribution is -2.00. The lowest BCUT2D eigenvalue weighted by atomic mass is 10.1. The molecule has 0 amide bonds. The van der Waals surface area contributed by atoms with Crippen LogP contribution in [0.25, 0.3) is 0 Å². The number of aryl methyl sites for hydroxylation is 2. The molecule has 0 aliphatic heterocycles. The summed E-state index contributed by atoms with van der Waals surface area (Å²) in [6, 6.07) is 6.49. The van der Waals surface area contributed by atoms with Gasteiger partial charge in [-0.15, -0.1) is 0 Å². The fourth-order valence-corrected chi connectivity index (χ4v) is 2.03. The quantitative estimate of drug-likeness (QED) is 0.880. The lowest BCUT2D eigenvalue weighted by molar-refractivity contribution is 0.199. The molecule has 17 heavy (non-hydrogen) atoms. The zero-order valence-electron chi connectivity index (χ0n) is 10.5. The monoisotopic (exact) mass is 230 g/mol. The van der Waals surface area contributed by atoms with Crippen LogP contribution < -0.4 is 0 Å². The van der Waals surface area contributed by atoms with Crippen molar-refractivity contribution in [3.63, 3.8) is 0 Å². The first-order chi connectivity index (χ1) is 8.04. The summed E-state index contributed by atoms with van der Waals surface area (Å²) in [5.74, 6) is 0. The standard InChI is InChI=1S/C14H18N2O/c1-10-4-11(2)6-13(5-10)8-16-9-14(7-15-16)12(3)17/h4-7,9,12,17H,8H2,1-3H3. The van der Waals surface area contributed by atoms with Gasteiger partial charge in [-0.3, -0.25) is 4.68 Å². The molecule has 0 saturated heterocycles. The van der Waals surface area contributed by atoms with Gasteiger partial charge in [0.15, 0.2) is 0 Å². The summed E-state index contributed by atoms with van der Waals surface area (Å²) < 4.78 is 1.86. The Labute approximate surface area is 102 Å². The summed E-state index contributed by atoms with van der Waals surface area (Å²) >= 11 is 0. The minimum Gasteiger partial charge on any atom is -0.389 e. The van der Waals surface area contributed by atoms with Crippen LogP contribution in [0.1, 0.15) is 35.3 Å². The summed E-state index contributed by atoms with van der Waals surface area (Å²) in [5, 5.41) is 13.7. The zero-order valence-corrected chi connectivity index (χ0v) is 10.5. The van der Waals surface area contributed by atoms with Crippen LogP contribution in [0.3, 0.4) is 0 Å². The maximum Gasteiger partial charge on any atom is 0.0792 e. The first-order valence-electron chi connectivity index (χ1n) is 5.82. The second kappa shape index (κ2) is 4.72. The molecule has 2 aromatic rings. The maximum atomic E-state index is 9.44. The Morgan fingerprint density at radius 2 is 1.88 bits per heavy atom. The highest BCUT2D eigenvalue weighted by Crippen LogP contribution is 2.13. The molecule has 1 aromatic heterocycles. The van der Waals surface area contributed by atoms with Crippen molar-refractivity contribution in [1.29, 1.82) is 0 Å². The second-order valence-corrected chi connectivity index (χ2v) is 4.64. The third-order valence-electron chi connectivity index (χ3n) is 2.76. The Kier molecular flexibility index (Phi) is 3.29. The summed E-state index contributed by atoms with van der Waals surface area (Å²) in [7, 11) is 0. The van der Waals surface area contributed by atoms with Crippen LogP contribution in [0.2, 0.25) is 0 Å². The van der Waals surface area contributed by atoms with Crippen molar-refractivity contribution in [2.45, 2.75) is 33.4 Å². The number of benzene rings is 1. The van der Waals surface area contributed by atoms with Crippen molar-refractivity contribution in [3.05, 3.63) is 52.8 Å². The number of aromatic nitrogens is 2. The Balaban J connectivity index is 2.19. The number of hydrogen-bond acceptors (Lipinski definition) is 2. The molecule has 3 heteroatoms. The van der Waals surface area contributed by atoms with Crippen LogP contribution in [-0.4, -0.2) is 14.9 Å². The predicted molar refractivity (Wildman–Crippen MR) is 67.9 cm³/mol. The fraction of sp³-hybridized carbons (Fsp3) is 0.357. The molecule has 0 aliphatic carbocycles. The van der Waals surface area contributed by atoms with Crippen molar-refractivity contribution in [1.82, 2.24) is 9.78 Å². The fourth-order valence-electron chi connectivity index (χ4n) is 2.03. The van der Waals surface area contributed by atoms with Crippen molar-refractivity contribution in [3.8, 4) is 0 Å². The Morgan fingerprint density at radius 3 is 2.41 bits per heavy atom. The summed E-state index contributed by atoms with van der Waals surface area (Å²) in [6.07, 6.45) is 3.15. The third-order valence-corrected chi connectivity index (χ3v) is 2.76. The zero-order chi connectivity index (χ0) is 12.4. The molecule has 3 nitrogen and oxygen atoms in total. The van der Waals surface area contributed by atoms with Gasteiger partial charge in [0.05, 0.1) is 18.8 Å². The topological polar surface area (TPSA) is 38.0 Å². The van der Waals surface area contributed by atoms with E-state index >= 15 is 0 Å². The van der Waals surface area contributed by atoms with Gasteiger partial charge in [0.25, 0.3) is 0 Å². The van der Waals surface area contributed by atoms with E-state index in [1.165, 1.54) is 16.7 Å². The van der Waals surface area contributed by atoms with Crippen LogP contribution in [0.15, 0.2) is 30.6 Å². The highest BCUT2D eigenvalue weighted by Gasteiger charge is 2.04. The van der Waals surface area contributed by atoms with Crippen molar-refractivity contribution in [2.75, 3.05) is 0 Å². The molecule has 1 unspecified atom stereocenters. The van der Waals surface area contributed by atoms with E-state index in [0.717, 1.165) is 12.1 Å². The largest absolute Gasteiger partial charge is 0.389 e. The van der Waals surface area contributed by atoms with Gasteiger partial charge in [0.1, 0.15) is 0 Å². The van der Waals surface area contributed by atoms with Crippen molar-refractivity contribution >= 4 is 0 Å². The van der Waals surface area contributed by atoms with E-state index in [2.05, 4.69) is 37.1 Å². The lowest BCUT2D eigenvalue weighted by Gasteiger charge is -2.05. The van der Waals surface area contributed by atoms with Crippen molar-refractivity contribution in [2.24, 2.45) is 0 Å². The minimum absolute atomic E-state index is 0.456. The molecule has 0 spiro atoms. The van der Waals surface area contributed by atoms with Gasteiger partial charge >= 0.3 is 0 Å². The number of nitrogens with zero attached hydrogens (tertiary/aromatic N) is 2. The Bertz CT molecular complexity index is 494. The van der Waals surface area contributed by atoms with Gasteiger partial charge in [0.2, 0.25) is 0 Å². The Hall–Kier alpha value is -1.61. The number of aliphatic hydroxyl groups excluding tert-OH is 1. The molecule has 0 bridgehead atoms. The molecule has 1 atom stereocenters. The molecule has 2 rings (SSSR count). The number of aliphatic hydroxyl groups is 1. The van der Waals surface area contributed by atoms with Gasteiger partial charge in [-0.2, -0.15) is 5.10 Å². The number of rotatable bonds is 3. The molecular formula is C14H18N2O.